The summed E-state index contributed by atoms with van der Waals surface area (Å²) in [6, 6.07) is 3.76. The first-order valence-corrected chi connectivity index (χ1v) is 5.02. The zero-order valence-corrected chi connectivity index (χ0v) is 8.79. The smallest absolute Gasteiger partial charge is 0.221 e. The lowest BCUT2D eigenvalue weighted by Crippen LogP contribution is -2.26. The van der Waals surface area contributed by atoms with Crippen molar-refractivity contribution in [3.63, 3.8) is 0 Å². The highest BCUT2D eigenvalue weighted by Gasteiger charge is 2.08. The monoisotopic (exact) mass is 212 g/mol. The van der Waals surface area contributed by atoms with E-state index in [1.165, 1.54) is 0 Å². The standard InChI is InChI=1S/C10H13ClN2O/c1-8(13-10(14)4-5-11)9-3-2-6-12-7-9/h2-3,6-8H,4-5H2,1H3,(H,13,14)/t8-/m0/s1. The Balaban J connectivity index is 2.50. The van der Waals surface area contributed by atoms with Crippen LogP contribution in [0.15, 0.2) is 24.5 Å². The van der Waals surface area contributed by atoms with Crippen LogP contribution in [0.4, 0.5) is 0 Å². The van der Waals surface area contributed by atoms with Gasteiger partial charge >= 0.3 is 0 Å². The van der Waals surface area contributed by atoms with Gasteiger partial charge in [0.1, 0.15) is 0 Å². The first-order valence-electron chi connectivity index (χ1n) is 4.49. The highest BCUT2D eigenvalue weighted by molar-refractivity contribution is 6.18. The van der Waals surface area contributed by atoms with E-state index in [0.717, 1.165) is 5.56 Å². The molecule has 0 radical (unpaired) electrons. The van der Waals surface area contributed by atoms with E-state index in [9.17, 15) is 4.79 Å². The highest BCUT2D eigenvalue weighted by Crippen LogP contribution is 2.09. The average molecular weight is 213 g/mol. The number of nitrogens with one attached hydrogen (secondary N) is 1. The van der Waals surface area contributed by atoms with Crippen molar-refractivity contribution >= 4 is 17.5 Å². The van der Waals surface area contributed by atoms with E-state index in [2.05, 4.69) is 10.3 Å². The van der Waals surface area contributed by atoms with Gasteiger partial charge in [-0.2, -0.15) is 0 Å². The molecule has 0 aliphatic rings. The zero-order chi connectivity index (χ0) is 10.4. The van der Waals surface area contributed by atoms with Crippen LogP contribution in [0.3, 0.4) is 0 Å². The molecule has 0 unspecified atom stereocenters. The van der Waals surface area contributed by atoms with Gasteiger partial charge in [-0.1, -0.05) is 6.07 Å². The lowest BCUT2D eigenvalue weighted by molar-refractivity contribution is -0.121. The summed E-state index contributed by atoms with van der Waals surface area (Å²) in [6.45, 7) is 1.92. The van der Waals surface area contributed by atoms with Crippen molar-refractivity contribution in [1.82, 2.24) is 10.3 Å². The molecule has 1 atom stereocenters. The number of carbonyl (C=O) groups is 1. The van der Waals surface area contributed by atoms with Gasteiger partial charge < -0.3 is 5.32 Å². The lowest BCUT2D eigenvalue weighted by atomic mass is 10.1. The van der Waals surface area contributed by atoms with Crippen LogP contribution >= 0.6 is 11.6 Å². The summed E-state index contributed by atoms with van der Waals surface area (Å²) in [5.41, 5.74) is 0.996. The summed E-state index contributed by atoms with van der Waals surface area (Å²) in [5, 5.41) is 2.83. The molecule has 0 aliphatic heterocycles. The van der Waals surface area contributed by atoms with Gasteiger partial charge in [-0.25, -0.2) is 0 Å². The third-order valence-corrected chi connectivity index (χ3v) is 2.07. The molecule has 4 heteroatoms. The van der Waals surface area contributed by atoms with Crippen LogP contribution < -0.4 is 5.32 Å². The van der Waals surface area contributed by atoms with Gasteiger partial charge in [0.15, 0.2) is 0 Å². The molecular formula is C10H13ClN2O. The van der Waals surface area contributed by atoms with Crippen molar-refractivity contribution in [2.75, 3.05) is 5.88 Å². The van der Waals surface area contributed by atoms with Crippen molar-refractivity contribution in [3.8, 4) is 0 Å². The largest absolute Gasteiger partial charge is 0.349 e. The third kappa shape index (κ3) is 3.34. The van der Waals surface area contributed by atoms with Gasteiger partial charge in [-0.05, 0) is 18.6 Å². The number of halogens is 1. The second kappa shape index (κ2) is 5.60. The van der Waals surface area contributed by atoms with Crippen LogP contribution in [0.25, 0.3) is 0 Å². The average Bonchev–Trinajstić information content (AvgIpc) is 2.19. The van der Waals surface area contributed by atoms with E-state index in [4.69, 9.17) is 11.6 Å². The van der Waals surface area contributed by atoms with Crippen molar-refractivity contribution in [2.45, 2.75) is 19.4 Å². The summed E-state index contributed by atoms with van der Waals surface area (Å²) in [6.07, 6.45) is 3.80. The Kier molecular flexibility index (Phi) is 4.40. The predicted octanol–water partition coefficient (Wildman–Crippen LogP) is 1.89. The number of alkyl halides is 1. The molecule has 14 heavy (non-hydrogen) atoms. The number of carbonyl (C=O) groups excluding carboxylic acids is 1. The van der Waals surface area contributed by atoms with E-state index in [1.54, 1.807) is 12.4 Å². The molecule has 0 spiro atoms. The highest BCUT2D eigenvalue weighted by atomic mass is 35.5. The topological polar surface area (TPSA) is 42.0 Å². The van der Waals surface area contributed by atoms with Crippen LogP contribution in [-0.2, 0) is 4.79 Å². The Labute approximate surface area is 88.5 Å². The van der Waals surface area contributed by atoms with E-state index < -0.39 is 0 Å². The maximum Gasteiger partial charge on any atom is 0.221 e. The Morgan fingerprint density at radius 1 is 1.71 bits per heavy atom. The van der Waals surface area contributed by atoms with E-state index in [-0.39, 0.29) is 11.9 Å². The zero-order valence-electron chi connectivity index (χ0n) is 8.03. The summed E-state index contributed by atoms with van der Waals surface area (Å²) in [7, 11) is 0. The molecule has 0 fully saturated rings. The molecule has 1 aromatic heterocycles. The Hall–Kier alpha value is -1.09. The Morgan fingerprint density at radius 2 is 2.50 bits per heavy atom. The molecule has 1 amide bonds. The van der Waals surface area contributed by atoms with Gasteiger partial charge in [0.25, 0.3) is 0 Å². The minimum absolute atomic E-state index is 0.0144. The molecule has 1 N–H and O–H groups in total. The summed E-state index contributed by atoms with van der Waals surface area (Å²) < 4.78 is 0. The number of rotatable bonds is 4. The molecule has 0 bridgehead atoms. The fraction of sp³-hybridized carbons (Fsp3) is 0.400. The summed E-state index contributed by atoms with van der Waals surface area (Å²) >= 11 is 5.45. The molecule has 1 heterocycles. The number of hydrogen-bond acceptors (Lipinski definition) is 2. The SMILES string of the molecule is C[C@H](NC(=O)CCCl)c1cccnc1. The number of amides is 1. The Morgan fingerprint density at radius 3 is 3.07 bits per heavy atom. The van der Waals surface area contributed by atoms with Crippen molar-refractivity contribution in [1.29, 1.82) is 0 Å². The van der Waals surface area contributed by atoms with Crippen molar-refractivity contribution in [3.05, 3.63) is 30.1 Å². The second-order valence-corrected chi connectivity index (χ2v) is 3.39. The van der Waals surface area contributed by atoms with Gasteiger partial charge in [-0.15, -0.1) is 11.6 Å². The van der Waals surface area contributed by atoms with E-state index >= 15 is 0 Å². The molecule has 0 aromatic carbocycles. The molecular weight excluding hydrogens is 200 g/mol. The van der Waals surface area contributed by atoms with Crippen molar-refractivity contribution in [2.24, 2.45) is 0 Å². The summed E-state index contributed by atoms with van der Waals surface area (Å²) in [5.74, 6) is 0.322. The molecule has 76 valence electrons. The minimum Gasteiger partial charge on any atom is -0.349 e. The maximum absolute atomic E-state index is 11.2. The molecule has 0 saturated carbocycles. The van der Waals surface area contributed by atoms with Crippen LogP contribution in [0.2, 0.25) is 0 Å². The Bertz CT molecular complexity index is 289. The molecule has 3 nitrogen and oxygen atoms in total. The van der Waals surface area contributed by atoms with Gasteiger partial charge in [0.2, 0.25) is 5.91 Å². The van der Waals surface area contributed by atoms with Crippen LogP contribution in [0, 0.1) is 0 Å². The number of nitrogens with zero attached hydrogens (tertiary/aromatic N) is 1. The van der Waals surface area contributed by atoms with E-state index in [1.807, 2.05) is 19.1 Å². The van der Waals surface area contributed by atoms with Gasteiger partial charge in [-0.3, -0.25) is 9.78 Å². The maximum atomic E-state index is 11.2. The molecule has 0 saturated heterocycles. The van der Waals surface area contributed by atoms with E-state index in [0.29, 0.717) is 12.3 Å². The van der Waals surface area contributed by atoms with Crippen LogP contribution in [-0.4, -0.2) is 16.8 Å². The van der Waals surface area contributed by atoms with Crippen LogP contribution in [0.5, 0.6) is 0 Å². The normalized spacial score (nSPS) is 12.1. The first kappa shape index (κ1) is 11.0. The first-order chi connectivity index (χ1) is 6.74. The summed E-state index contributed by atoms with van der Waals surface area (Å²) in [4.78, 5) is 15.2. The molecule has 1 rings (SSSR count). The van der Waals surface area contributed by atoms with Crippen molar-refractivity contribution < 1.29 is 4.79 Å². The van der Waals surface area contributed by atoms with Gasteiger partial charge in [0.05, 0.1) is 6.04 Å². The fourth-order valence-electron chi connectivity index (χ4n) is 1.11. The third-order valence-electron chi connectivity index (χ3n) is 1.88. The fourth-order valence-corrected chi connectivity index (χ4v) is 1.29. The molecule has 0 aliphatic carbocycles. The van der Waals surface area contributed by atoms with Crippen LogP contribution in [0.1, 0.15) is 24.9 Å². The number of hydrogen-bond donors (Lipinski definition) is 1. The second-order valence-electron chi connectivity index (χ2n) is 3.01. The quantitative estimate of drug-likeness (QED) is 0.775. The molecule has 1 aromatic rings. The minimum atomic E-state index is -0.0312. The lowest BCUT2D eigenvalue weighted by Gasteiger charge is -2.12. The number of aromatic nitrogens is 1. The predicted molar refractivity (Wildman–Crippen MR) is 56.1 cm³/mol. The number of pyridine rings is 1. The van der Waals surface area contributed by atoms with Gasteiger partial charge in [0, 0.05) is 24.7 Å².